The lowest BCUT2D eigenvalue weighted by Crippen LogP contribution is -2.13. The number of benzene rings is 1. The molecule has 0 amide bonds. The van der Waals surface area contributed by atoms with Crippen molar-refractivity contribution in [3.8, 4) is 11.5 Å². The monoisotopic (exact) mass is 337 g/mol. The number of nitrogens with one attached hydrogen (secondary N) is 1. The second-order valence-corrected chi connectivity index (χ2v) is 5.43. The van der Waals surface area contributed by atoms with Crippen LogP contribution < -0.4 is 5.32 Å². The van der Waals surface area contributed by atoms with Gasteiger partial charge in [-0.2, -0.15) is 0 Å². The molecule has 0 radical (unpaired) electrons. The maximum absolute atomic E-state index is 8.90. The van der Waals surface area contributed by atoms with Crippen molar-refractivity contribution in [1.82, 2.24) is 19.5 Å². The van der Waals surface area contributed by atoms with E-state index < -0.39 is 0 Å². The molecule has 0 spiro atoms. The zero-order valence-electron chi connectivity index (χ0n) is 11.5. The summed E-state index contributed by atoms with van der Waals surface area (Å²) in [6.07, 6.45) is 3.12. The topological polar surface area (TPSA) is 75.9 Å². The molecule has 2 aliphatic heterocycles. The molecule has 0 fully saturated rings. The van der Waals surface area contributed by atoms with Crippen molar-refractivity contribution in [1.29, 1.82) is 0 Å². The quantitative estimate of drug-likeness (QED) is 0.748. The van der Waals surface area contributed by atoms with E-state index in [0.717, 1.165) is 5.56 Å². The van der Waals surface area contributed by atoms with Gasteiger partial charge in [-0.05, 0) is 12.1 Å². The highest BCUT2D eigenvalue weighted by molar-refractivity contribution is 6.35. The number of hydrogen-bond acceptors (Lipinski definition) is 5. The number of fused-ring (bicyclic) bond motifs is 1. The van der Waals surface area contributed by atoms with Crippen molar-refractivity contribution in [2.45, 2.75) is 6.54 Å². The summed E-state index contributed by atoms with van der Waals surface area (Å²) < 4.78 is 1.83. The van der Waals surface area contributed by atoms with Crippen molar-refractivity contribution < 1.29 is 5.11 Å². The van der Waals surface area contributed by atoms with Gasteiger partial charge in [-0.1, -0.05) is 29.3 Å². The SMILES string of the molecule is OCCNc1ncn(Cc2c(Cl)cccc2Cl)c2ncnc1-2. The second kappa shape index (κ2) is 6.48. The van der Waals surface area contributed by atoms with Gasteiger partial charge in [-0.15, -0.1) is 0 Å². The lowest BCUT2D eigenvalue weighted by atomic mass is 10.2. The van der Waals surface area contributed by atoms with Crippen molar-refractivity contribution in [2.24, 2.45) is 0 Å². The Kier molecular flexibility index (Phi) is 4.42. The summed E-state index contributed by atoms with van der Waals surface area (Å²) in [5.74, 6) is 1.26. The molecule has 2 N–H and O–H groups in total. The molecular weight excluding hydrogens is 325 g/mol. The molecule has 0 bridgehead atoms. The largest absolute Gasteiger partial charge is 0.395 e. The molecule has 1 aromatic carbocycles. The second-order valence-electron chi connectivity index (χ2n) is 4.62. The number of rotatable bonds is 5. The Morgan fingerprint density at radius 3 is 2.64 bits per heavy atom. The van der Waals surface area contributed by atoms with Crippen LogP contribution >= 0.6 is 23.2 Å². The highest BCUT2D eigenvalue weighted by Gasteiger charge is 2.18. The molecule has 22 heavy (non-hydrogen) atoms. The number of hydrogen-bond donors (Lipinski definition) is 2. The smallest absolute Gasteiger partial charge is 0.165 e. The van der Waals surface area contributed by atoms with Gasteiger partial charge in [0.2, 0.25) is 0 Å². The summed E-state index contributed by atoms with van der Waals surface area (Å²) in [5, 5.41) is 13.1. The lowest BCUT2D eigenvalue weighted by molar-refractivity contribution is 0.311. The minimum Gasteiger partial charge on any atom is -0.395 e. The van der Waals surface area contributed by atoms with Gasteiger partial charge in [0.05, 0.1) is 19.5 Å². The third kappa shape index (κ3) is 2.85. The molecule has 0 unspecified atom stereocenters. The minimum atomic E-state index is 0.0153. The molecule has 114 valence electrons. The number of aromatic nitrogens is 4. The van der Waals surface area contributed by atoms with E-state index in [0.29, 0.717) is 40.5 Å². The van der Waals surface area contributed by atoms with E-state index in [-0.39, 0.29) is 6.61 Å². The van der Waals surface area contributed by atoms with Crippen LogP contribution in [0.3, 0.4) is 0 Å². The predicted molar refractivity (Wildman–Crippen MR) is 85.6 cm³/mol. The van der Waals surface area contributed by atoms with Gasteiger partial charge in [-0.3, -0.25) is 0 Å². The van der Waals surface area contributed by atoms with Crippen LogP contribution in [0.4, 0.5) is 5.82 Å². The maximum atomic E-state index is 8.90. The molecule has 0 saturated carbocycles. The fourth-order valence-electron chi connectivity index (χ4n) is 2.15. The van der Waals surface area contributed by atoms with Crippen molar-refractivity contribution in [2.75, 3.05) is 18.5 Å². The molecule has 0 atom stereocenters. The van der Waals surface area contributed by atoms with Gasteiger partial charge in [0.1, 0.15) is 6.33 Å². The van der Waals surface area contributed by atoms with Gasteiger partial charge >= 0.3 is 0 Å². The number of halogens is 2. The standard InChI is InChI=1S/C14H13Cl2N5O/c15-10-2-1-3-11(16)9(10)6-21-8-20-13(17-4-5-22)12-14(21)19-7-18-12/h1-3,7-8,17,22H,4-6H2. The fourth-order valence-corrected chi connectivity index (χ4v) is 2.67. The Morgan fingerprint density at radius 2 is 1.91 bits per heavy atom. The first kappa shape index (κ1) is 15.0. The Hall–Kier alpha value is -1.89. The van der Waals surface area contributed by atoms with E-state index in [1.165, 1.54) is 6.33 Å². The summed E-state index contributed by atoms with van der Waals surface area (Å²) in [7, 11) is 0. The molecule has 2 aliphatic rings. The summed E-state index contributed by atoms with van der Waals surface area (Å²) in [6, 6.07) is 5.39. The van der Waals surface area contributed by atoms with E-state index >= 15 is 0 Å². The summed E-state index contributed by atoms with van der Waals surface area (Å²) >= 11 is 12.4. The number of aliphatic hydroxyl groups excluding tert-OH is 1. The number of nitrogens with zero attached hydrogens (tertiary/aromatic N) is 4. The molecule has 0 aromatic heterocycles. The van der Waals surface area contributed by atoms with Gasteiger partial charge in [0.25, 0.3) is 0 Å². The Morgan fingerprint density at radius 1 is 1.14 bits per heavy atom. The average Bonchev–Trinajstić information content (AvgIpc) is 3.00. The highest BCUT2D eigenvalue weighted by Crippen LogP contribution is 2.29. The molecule has 6 nitrogen and oxygen atoms in total. The van der Waals surface area contributed by atoms with E-state index in [1.807, 2.05) is 4.57 Å². The number of imidazole rings is 1. The lowest BCUT2D eigenvalue weighted by Gasteiger charge is -2.15. The van der Waals surface area contributed by atoms with E-state index in [1.54, 1.807) is 24.5 Å². The minimum absolute atomic E-state index is 0.0153. The molecular formula is C14H13Cl2N5O. The van der Waals surface area contributed by atoms with E-state index in [4.69, 9.17) is 28.3 Å². The maximum Gasteiger partial charge on any atom is 0.165 e. The van der Waals surface area contributed by atoms with Gasteiger partial charge in [0, 0.05) is 22.2 Å². The molecule has 2 heterocycles. The first-order chi connectivity index (χ1) is 10.7. The summed E-state index contributed by atoms with van der Waals surface area (Å²) in [5.41, 5.74) is 1.44. The van der Waals surface area contributed by atoms with Crippen molar-refractivity contribution in [3.05, 3.63) is 46.5 Å². The first-order valence-electron chi connectivity index (χ1n) is 6.64. The number of aliphatic hydroxyl groups is 1. The fraction of sp³-hybridized carbons (Fsp3) is 0.214. The summed E-state index contributed by atoms with van der Waals surface area (Å²) in [6.45, 7) is 0.859. The van der Waals surface area contributed by atoms with Crippen molar-refractivity contribution >= 4 is 29.0 Å². The molecule has 8 heteroatoms. The van der Waals surface area contributed by atoms with Crippen LogP contribution in [0.5, 0.6) is 0 Å². The zero-order valence-corrected chi connectivity index (χ0v) is 13.0. The van der Waals surface area contributed by atoms with Crippen LogP contribution in [0.1, 0.15) is 5.56 Å². The van der Waals surface area contributed by atoms with Gasteiger partial charge in [0.15, 0.2) is 17.3 Å². The van der Waals surface area contributed by atoms with Crippen LogP contribution in [0.25, 0.3) is 11.5 Å². The Balaban J connectivity index is 1.97. The van der Waals surface area contributed by atoms with Crippen LogP contribution in [0.15, 0.2) is 30.9 Å². The first-order valence-corrected chi connectivity index (χ1v) is 7.39. The van der Waals surface area contributed by atoms with Crippen LogP contribution in [-0.4, -0.2) is 37.8 Å². The third-order valence-corrected chi connectivity index (χ3v) is 3.90. The van der Waals surface area contributed by atoms with Crippen molar-refractivity contribution in [3.63, 3.8) is 0 Å². The Bertz CT molecular complexity index is 741. The highest BCUT2D eigenvalue weighted by atomic mass is 35.5. The Labute approximate surface area is 137 Å². The van der Waals surface area contributed by atoms with Crippen LogP contribution in [0, 0.1) is 0 Å². The summed E-state index contributed by atoms with van der Waals surface area (Å²) in [4.78, 5) is 12.8. The molecule has 1 aromatic rings. The molecule has 0 aliphatic carbocycles. The zero-order chi connectivity index (χ0) is 15.5. The normalized spacial score (nSPS) is 11.0. The van der Waals surface area contributed by atoms with Gasteiger partial charge < -0.3 is 15.0 Å². The van der Waals surface area contributed by atoms with Gasteiger partial charge in [-0.25, -0.2) is 15.0 Å². The molecule has 0 saturated heterocycles. The number of anilines is 1. The van der Waals surface area contributed by atoms with E-state index in [9.17, 15) is 0 Å². The average molecular weight is 338 g/mol. The van der Waals surface area contributed by atoms with Crippen LogP contribution in [0.2, 0.25) is 10.0 Å². The third-order valence-electron chi connectivity index (χ3n) is 3.20. The van der Waals surface area contributed by atoms with E-state index in [2.05, 4.69) is 20.3 Å². The van der Waals surface area contributed by atoms with Crippen LogP contribution in [-0.2, 0) is 6.54 Å². The predicted octanol–water partition coefficient (Wildman–Crippen LogP) is 2.54. The molecule has 3 rings (SSSR count).